The molecule has 3 aliphatic rings. The van der Waals surface area contributed by atoms with E-state index in [1.165, 1.54) is 4.90 Å². The van der Waals surface area contributed by atoms with Gasteiger partial charge in [0, 0.05) is 18.5 Å². The monoisotopic (exact) mass is 171 g/mol. The second-order valence-corrected chi connectivity index (χ2v) is 4.01. The molecule has 12 heavy (non-hydrogen) atoms. The number of Topliss-reactive ketones (excluding diaryl/α,β-unsaturated/α-hetero) is 1. The molecule has 0 amide bonds. The molecule has 0 aromatic rings. The van der Waals surface area contributed by atoms with Gasteiger partial charge in [-0.1, -0.05) is 6.92 Å². The molecule has 0 saturated carbocycles. The maximum Gasteiger partial charge on any atom is 0.288 e. The Kier molecular flexibility index (Phi) is 1.41. The summed E-state index contributed by atoms with van der Waals surface area (Å²) in [4.78, 5) is 12.9. The average molecular weight is 171 g/mol. The second-order valence-electron chi connectivity index (χ2n) is 4.01. The maximum absolute atomic E-state index is 11.5. The molecule has 3 saturated heterocycles. The number of hydrogen-bond acceptors (Lipinski definition) is 4. The van der Waals surface area contributed by atoms with Crippen LogP contribution >= 0.6 is 0 Å². The lowest BCUT2D eigenvalue weighted by Crippen LogP contribution is -2.68. The molecular weight excluding hydrogens is 158 g/mol. The minimum Gasteiger partial charge on any atom is -0.347 e. The molecule has 68 valence electrons. The Morgan fingerprint density at radius 2 is 1.83 bits per heavy atom. The SMILES string of the molecule is CC12CCN(CC1)C(O)(O)C2=O. The van der Waals surface area contributed by atoms with Gasteiger partial charge in [0.25, 0.3) is 5.91 Å². The number of ketones is 1. The Morgan fingerprint density at radius 1 is 1.33 bits per heavy atom. The molecule has 0 unspecified atom stereocenters. The third kappa shape index (κ3) is 0.800. The van der Waals surface area contributed by atoms with Crippen LogP contribution in [-0.4, -0.2) is 39.9 Å². The third-order valence-electron chi connectivity index (χ3n) is 3.16. The Labute approximate surface area is 70.8 Å². The van der Waals surface area contributed by atoms with Gasteiger partial charge < -0.3 is 10.2 Å². The minimum absolute atomic E-state index is 0.437. The molecule has 4 heteroatoms. The van der Waals surface area contributed by atoms with Crippen molar-refractivity contribution in [1.82, 2.24) is 4.90 Å². The number of hydrogen-bond donors (Lipinski definition) is 2. The van der Waals surface area contributed by atoms with Crippen LogP contribution in [0.2, 0.25) is 0 Å². The van der Waals surface area contributed by atoms with E-state index in [9.17, 15) is 15.0 Å². The number of rotatable bonds is 0. The molecule has 0 atom stereocenters. The summed E-state index contributed by atoms with van der Waals surface area (Å²) >= 11 is 0. The molecule has 0 radical (unpaired) electrons. The highest BCUT2D eigenvalue weighted by Gasteiger charge is 2.57. The first-order valence-electron chi connectivity index (χ1n) is 4.21. The van der Waals surface area contributed by atoms with E-state index in [1.54, 1.807) is 0 Å². The van der Waals surface area contributed by atoms with Crippen molar-refractivity contribution in [1.29, 1.82) is 0 Å². The van der Waals surface area contributed by atoms with Crippen molar-refractivity contribution < 1.29 is 15.0 Å². The highest BCUT2D eigenvalue weighted by molar-refractivity contribution is 5.91. The summed E-state index contributed by atoms with van der Waals surface area (Å²) in [6, 6.07) is 0. The molecule has 3 heterocycles. The number of nitrogens with zero attached hydrogens (tertiary/aromatic N) is 1. The zero-order valence-electron chi connectivity index (χ0n) is 7.08. The number of fused-ring (bicyclic) bond motifs is 3. The van der Waals surface area contributed by atoms with Gasteiger partial charge in [-0.15, -0.1) is 0 Å². The van der Waals surface area contributed by atoms with E-state index in [1.807, 2.05) is 6.92 Å². The fraction of sp³-hybridized carbons (Fsp3) is 0.875. The molecule has 0 spiro atoms. The number of carbonyl (C=O) groups is 1. The van der Waals surface area contributed by atoms with Crippen LogP contribution in [0.1, 0.15) is 19.8 Å². The molecule has 0 aromatic heterocycles. The van der Waals surface area contributed by atoms with E-state index in [0.717, 1.165) is 12.8 Å². The minimum atomic E-state index is -2.19. The zero-order valence-corrected chi connectivity index (χ0v) is 7.08. The summed E-state index contributed by atoms with van der Waals surface area (Å²) in [6.07, 6.45) is 1.49. The number of aliphatic hydroxyl groups is 2. The second kappa shape index (κ2) is 2.07. The van der Waals surface area contributed by atoms with E-state index in [0.29, 0.717) is 13.1 Å². The Bertz CT molecular complexity index is 222. The van der Waals surface area contributed by atoms with E-state index < -0.39 is 17.1 Å². The Hall–Kier alpha value is -0.450. The van der Waals surface area contributed by atoms with Crippen molar-refractivity contribution in [3.8, 4) is 0 Å². The smallest absolute Gasteiger partial charge is 0.288 e. The lowest BCUT2D eigenvalue weighted by atomic mass is 9.71. The van der Waals surface area contributed by atoms with Crippen molar-refractivity contribution in [3.63, 3.8) is 0 Å². The van der Waals surface area contributed by atoms with Gasteiger partial charge in [0.05, 0.1) is 0 Å². The molecule has 4 nitrogen and oxygen atoms in total. The highest BCUT2D eigenvalue weighted by atomic mass is 16.5. The first-order valence-corrected chi connectivity index (χ1v) is 4.21. The van der Waals surface area contributed by atoms with Crippen LogP contribution in [0.3, 0.4) is 0 Å². The molecule has 0 aromatic carbocycles. The van der Waals surface area contributed by atoms with Gasteiger partial charge in [-0.25, -0.2) is 4.90 Å². The number of piperidine rings is 3. The molecule has 3 rings (SSSR count). The predicted octanol–water partition coefficient (Wildman–Crippen LogP) is -0.690. The quantitative estimate of drug-likeness (QED) is 0.474. The first kappa shape index (κ1) is 8.16. The average Bonchev–Trinajstić information content (AvgIpc) is 2.01. The third-order valence-corrected chi connectivity index (χ3v) is 3.16. The Morgan fingerprint density at radius 3 is 2.17 bits per heavy atom. The van der Waals surface area contributed by atoms with Crippen LogP contribution in [0.4, 0.5) is 0 Å². The van der Waals surface area contributed by atoms with Crippen LogP contribution < -0.4 is 0 Å². The largest absolute Gasteiger partial charge is 0.347 e. The van der Waals surface area contributed by atoms with Crippen molar-refractivity contribution in [2.24, 2.45) is 5.41 Å². The summed E-state index contributed by atoms with van der Waals surface area (Å²) in [7, 11) is 0. The van der Waals surface area contributed by atoms with E-state index in [-0.39, 0.29) is 0 Å². The number of carbonyl (C=O) groups excluding carboxylic acids is 1. The fourth-order valence-corrected chi connectivity index (χ4v) is 2.09. The first-order chi connectivity index (χ1) is 5.47. The molecule has 2 bridgehead atoms. The highest BCUT2D eigenvalue weighted by Crippen LogP contribution is 2.42. The van der Waals surface area contributed by atoms with Gasteiger partial charge in [-0.2, -0.15) is 0 Å². The van der Waals surface area contributed by atoms with Crippen molar-refractivity contribution in [2.45, 2.75) is 25.7 Å². The van der Waals surface area contributed by atoms with Gasteiger partial charge in [0.1, 0.15) is 0 Å². The van der Waals surface area contributed by atoms with Crippen LogP contribution in [0.25, 0.3) is 0 Å². The van der Waals surface area contributed by atoms with E-state index in [4.69, 9.17) is 0 Å². The summed E-state index contributed by atoms with van der Waals surface area (Å²) in [6.45, 7) is 3.03. The summed E-state index contributed by atoms with van der Waals surface area (Å²) < 4.78 is 0. The normalized spacial score (nSPS) is 44.9. The van der Waals surface area contributed by atoms with Crippen molar-refractivity contribution in [2.75, 3.05) is 13.1 Å². The maximum atomic E-state index is 11.5. The summed E-state index contributed by atoms with van der Waals surface area (Å²) in [5.41, 5.74) is -0.502. The molecule has 2 N–H and O–H groups in total. The fourth-order valence-electron chi connectivity index (χ4n) is 2.09. The van der Waals surface area contributed by atoms with Crippen LogP contribution in [-0.2, 0) is 4.79 Å². The molecular formula is C8H13NO3. The lowest BCUT2D eigenvalue weighted by Gasteiger charge is -2.51. The molecule has 0 aliphatic carbocycles. The molecule has 3 fully saturated rings. The van der Waals surface area contributed by atoms with E-state index in [2.05, 4.69) is 0 Å². The van der Waals surface area contributed by atoms with Gasteiger partial charge in [0.2, 0.25) is 5.78 Å². The molecule has 3 aliphatic heterocycles. The van der Waals surface area contributed by atoms with Crippen molar-refractivity contribution in [3.05, 3.63) is 0 Å². The van der Waals surface area contributed by atoms with E-state index >= 15 is 0 Å². The van der Waals surface area contributed by atoms with Crippen LogP contribution in [0.15, 0.2) is 0 Å². The van der Waals surface area contributed by atoms with Gasteiger partial charge >= 0.3 is 0 Å². The lowest BCUT2D eigenvalue weighted by molar-refractivity contribution is -0.281. The predicted molar refractivity (Wildman–Crippen MR) is 41.1 cm³/mol. The van der Waals surface area contributed by atoms with Gasteiger partial charge in [-0.05, 0) is 12.8 Å². The topological polar surface area (TPSA) is 60.8 Å². The van der Waals surface area contributed by atoms with Crippen LogP contribution in [0, 0.1) is 5.41 Å². The van der Waals surface area contributed by atoms with Gasteiger partial charge in [0.15, 0.2) is 0 Å². The summed E-state index contributed by atoms with van der Waals surface area (Å²) in [5, 5.41) is 18.9. The standard InChI is InChI=1S/C8H13NO3/c1-7-2-4-9(5-3-7)8(11,12)6(7)10/h11-12H,2-5H2,1H3. The van der Waals surface area contributed by atoms with Crippen LogP contribution in [0.5, 0.6) is 0 Å². The van der Waals surface area contributed by atoms with Gasteiger partial charge in [-0.3, -0.25) is 4.79 Å². The summed E-state index contributed by atoms with van der Waals surface area (Å²) in [5.74, 6) is -2.63. The zero-order chi connectivity index (χ0) is 8.98. The van der Waals surface area contributed by atoms with Crippen molar-refractivity contribution >= 4 is 5.78 Å². The Balaban J connectivity index is 2.39.